The lowest BCUT2D eigenvalue weighted by atomic mass is 10.2. The van der Waals surface area contributed by atoms with Crippen molar-refractivity contribution in [3.63, 3.8) is 0 Å². The first-order valence-electron chi connectivity index (χ1n) is 5.35. The number of aromatic nitrogens is 1. The maximum absolute atomic E-state index is 12.1. The fraction of sp³-hybridized carbons (Fsp3) is 0.0769. The van der Waals surface area contributed by atoms with Crippen molar-refractivity contribution in [3.8, 4) is 0 Å². The molecule has 2 aromatic rings. The van der Waals surface area contributed by atoms with Gasteiger partial charge in [0.15, 0.2) is 0 Å². The number of nitrogen functional groups attached to an aromatic ring is 1. The van der Waals surface area contributed by atoms with Crippen molar-refractivity contribution in [2.45, 2.75) is 6.92 Å². The van der Waals surface area contributed by atoms with Crippen LogP contribution in [0.25, 0.3) is 0 Å². The second-order valence-electron chi connectivity index (χ2n) is 3.91. The Balaban J connectivity index is 2.25. The van der Waals surface area contributed by atoms with Gasteiger partial charge in [-0.15, -0.1) is 0 Å². The van der Waals surface area contributed by atoms with Gasteiger partial charge in [-0.05, 0) is 46.6 Å². The van der Waals surface area contributed by atoms with E-state index in [-0.39, 0.29) is 5.91 Å². The number of hydrogen-bond acceptors (Lipinski definition) is 3. The summed E-state index contributed by atoms with van der Waals surface area (Å²) in [6.07, 6.45) is 3.33. The van der Waals surface area contributed by atoms with Gasteiger partial charge in [0, 0.05) is 11.9 Å². The standard InChI is InChI=1S/C13H12BrN3O/c1-8-5-9(7-16-6-8)17-13(18)10-3-2-4-11(15)12(10)14/h2-7H,15H2,1H3,(H,17,18). The van der Waals surface area contributed by atoms with Crippen LogP contribution in [0.3, 0.4) is 0 Å². The van der Waals surface area contributed by atoms with E-state index in [0.717, 1.165) is 5.56 Å². The number of carbonyl (C=O) groups is 1. The van der Waals surface area contributed by atoms with Crippen LogP contribution in [0.4, 0.5) is 11.4 Å². The van der Waals surface area contributed by atoms with Crippen LogP contribution in [0.2, 0.25) is 0 Å². The van der Waals surface area contributed by atoms with Gasteiger partial charge in [0.25, 0.3) is 5.91 Å². The second kappa shape index (κ2) is 5.18. The molecule has 0 aliphatic carbocycles. The van der Waals surface area contributed by atoms with E-state index in [9.17, 15) is 4.79 Å². The molecule has 0 atom stereocenters. The Morgan fingerprint density at radius 1 is 1.39 bits per heavy atom. The van der Waals surface area contributed by atoms with Crippen LogP contribution in [-0.4, -0.2) is 10.9 Å². The molecule has 18 heavy (non-hydrogen) atoms. The molecule has 0 fully saturated rings. The molecule has 2 rings (SSSR count). The predicted molar refractivity (Wildman–Crippen MR) is 75.5 cm³/mol. The van der Waals surface area contributed by atoms with E-state index in [2.05, 4.69) is 26.2 Å². The minimum absolute atomic E-state index is 0.221. The molecule has 1 aromatic heterocycles. The molecule has 0 unspecified atom stereocenters. The molecule has 4 nitrogen and oxygen atoms in total. The van der Waals surface area contributed by atoms with Crippen LogP contribution in [0.5, 0.6) is 0 Å². The fourth-order valence-corrected chi connectivity index (χ4v) is 1.99. The fourth-order valence-electron chi connectivity index (χ4n) is 1.55. The van der Waals surface area contributed by atoms with Crippen molar-refractivity contribution >= 4 is 33.2 Å². The van der Waals surface area contributed by atoms with Crippen molar-refractivity contribution in [2.75, 3.05) is 11.1 Å². The number of pyridine rings is 1. The molecule has 92 valence electrons. The summed E-state index contributed by atoms with van der Waals surface area (Å²) in [6.45, 7) is 1.92. The molecule has 0 saturated carbocycles. The number of nitrogens with zero attached hydrogens (tertiary/aromatic N) is 1. The molecule has 0 saturated heterocycles. The summed E-state index contributed by atoms with van der Waals surface area (Å²) in [5.74, 6) is -0.221. The third-order valence-electron chi connectivity index (χ3n) is 2.41. The van der Waals surface area contributed by atoms with E-state index in [0.29, 0.717) is 21.4 Å². The quantitative estimate of drug-likeness (QED) is 0.838. The zero-order chi connectivity index (χ0) is 13.1. The molecular weight excluding hydrogens is 294 g/mol. The van der Waals surface area contributed by atoms with Crippen molar-refractivity contribution < 1.29 is 4.79 Å². The molecule has 0 aliphatic heterocycles. The largest absolute Gasteiger partial charge is 0.398 e. The highest BCUT2D eigenvalue weighted by molar-refractivity contribution is 9.10. The number of aryl methyl sites for hydroxylation is 1. The summed E-state index contributed by atoms with van der Waals surface area (Å²) < 4.78 is 0.600. The van der Waals surface area contributed by atoms with E-state index in [1.54, 1.807) is 30.6 Å². The molecule has 1 amide bonds. The lowest BCUT2D eigenvalue weighted by Crippen LogP contribution is -2.13. The number of halogens is 1. The highest BCUT2D eigenvalue weighted by atomic mass is 79.9. The van der Waals surface area contributed by atoms with Crippen molar-refractivity contribution in [3.05, 3.63) is 52.3 Å². The zero-order valence-corrected chi connectivity index (χ0v) is 11.4. The molecule has 5 heteroatoms. The average molecular weight is 306 g/mol. The molecule has 1 aromatic carbocycles. The van der Waals surface area contributed by atoms with Gasteiger partial charge in [-0.25, -0.2) is 0 Å². The number of carbonyl (C=O) groups excluding carboxylic acids is 1. The van der Waals surface area contributed by atoms with Gasteiger partial charge in [-0.2, -0.15) is 0 Å². The third-order valence-corrected chi connectivity index (χ3v) is 3.29. The third kappa shape index (κ3) is 2.68. The number of amides is 1. The van der Waals surface area contributed by atoms with Gasteiger partial charge in [0.05, 0.1) is 21.9 Å². The van der Waals surface area contributed by atoms with Crippen LogP contribution in [0.1, 0.15) is 15.9 Å². The summed E-state index contributed by atoms with van der Waals surface area (Å²) in [7, 11) is 0. The summed E-state index contributed by atoms with van der Waals surface area (Å²) >= 11 is 3.31. The highest BCUT2D eigenvalue weighted by Crippen LogP contribution is 2.24. The van der Waals surface area contributed by atoms with Gasteiger partial charge in [0.1, 0.15) is 0 Å². The molecule has 0 radical (unpaired) electrons. The number of nitrogens with one attached hydrogen (secondary N) is 1. The minimum atomic E-state index is -0.221. The normalized spacial score (nSPS) is 10.1. The van der Waals surface area contributed by atoms with Gasteiger partial charge in [0.2, 0.25) is 0 Å². The monoisotopic (exact) mass is 305 g/mol. The van der Waals surface area contributed by atoms with Crippen LogP contribution in [0.15, 0.2) is 41.1 Å². The Kier molecular flexibility index (Phi) is 3.62. The Morgan fingerprint density at radius 3 is 2.89 bits per heavy atom. The lowest BCUT2D eigenvalue weighted by molar-refractivity contribution is 0.102. The lowest BCUT2D eigenvalue weighted by Gasteiger charge is -2.08. The number of nitrogens with two attached hydrogens (primary N) is 1. The topological polar surface area (TPSA) is 68.0 Å². The van der Waals surface area contributed by atoms with Crippen molar-refractivity contribution in [2.24, 2.45) is 0 Å². The summed E-state index contributed by atoms with van der Waals surface area (Å²) in [4.78, 5) is 16.1. The molecule has 0 bridgehead atoms. The first-order valence-corrected chi connectivity index (χ1v) is 6.14. The number of hydrogen-bond donors (Lipinski definition) is 2. The zero-order valence-electron chi connectivity index (χ0n) is 9.77. The minimum Gasteiger partial charge on any atom is -0.398 e. The van der Waals surface area contributed by atoms with Crippen LogP contribution in [0, 0.1) is 6.92 Å². The highest BCUT2D eigenvalue weighted by Gasteiger charge is 2.11. The van der Waals surface area contributed by atoms with E-state index in [1.807, 2.05) is 13.0 Å². The van der Waals surface area contributed by atoms with Crippen LogP contribution < -0.4 is 11.1 Å². The second-order valence-corrected chi connectivity index (χ2v) is 4.71. The SMILES string of the molecule is Cc1cncc(NC(=O)c2cccc(N)c2Br)c1. The summed E-state index contributed by atoms with van der Waals surface area (Å²) in [6, 6.07) is 7.03. The van der Waals surface area contributed by atoms with Crippen molar-refractivity contribution in [1.29, 1.82) is 0 Å². The first kappa shape index (κ1) is 12.6. The number of benzene rings is 1. The Morgan fingerprint density at radius 2 is 2.17 bits per heavy atom. The Labute approximate surface area is 113 Å². The molecule has 0 spiro atoms. The smallest absolute Gasteiger partial charge is 0.256 e. The van der Waals surface area contributed by atoms with E-state index >= 15 is 0 Å². The van der Waals surface area contributed by atoms with Gasteiger partial charge >= 0.3 is 0 Å². The summed E-state index contributed by atoms with van der Waals surface area (Å²) in [5, 5.41) is 2.78. The Hall–Kier alpha value is -1.88. The van der Waals surface area contributed by atoms with Crippen molar-refractivity contribution in [1.82, 2.24) is 4.98 Å². The molecule has 1 heterocycles. The maximum atomic E-state index is 12.1. The molecule has 3 N–H and O–H groups in total. The van der Waals surface area contributed by atoms with Gasteiger partial charge < -0.3 is 11.1 Å². The number of anilines is 2. The van der Waals surface area contributed by atoms with Gasteiger partial charge in [-0.3, -0.25) is 9.78 Å². The molecular formula is C13H12BrN3O. The van der Waals surface area contributed by atoms with E-state index in [4.69, 9.17) is 5.73 Å². The van der Waals surface area contributed by atoms with E-state index < -0.39 is 0 Å². The first-order chi connectivity index (χ1) is 8.58. The van der Waals surface area contributed by atoms with E-state index in [1.165, 1.54) is 0 Å². The summed E-state index contributed by atoms with van der Waals surface area (Å²) in [5.41, 5.74) is 8.41. The Bertz CT molecular complexity index is 599. The average Bonchev–Trinajstić information content (AvgIpc) is 2.32. The maximum Gasteiger partial charge on any atom is 0.256 e. The van der Waals surface area contributed by atoms with Crippen LogP contribution >= 0.6 is 15.9 Å². The molecule has 0 aliphatic rings. The van der Waals surface area contributed by atoms with Gasteiger partial charge in [-0.1, -0.05) is 6.07 Å². The van der Waals surface area contributed by atoms with Crippen LogP contribution in [-0.2, 0) is 0 Å². The number of rotatable bonds is 2. The predicted octanol–water partition coefficient (Wildman–Crippen LogP) is 2.99.